The SMILES string of the molecule is C=CC(=O)Nc1cccc(C(=O)NC(C)c2c(F)cccc2OCC)c1. The molecule has 0 saturated heterocycles. The molecule has 26 heavy (non-hydrogen) atoms. The Morgan fingerprint density at radius 2 is 2.00 bits per heavy atom. The molecule has 0 saturated carbocycles. The fourth-order valence-electron chi connectivity index (χ4n) is 2.50. The highest BCUT2D eigenvalue weighted by Gasteiger charge is 2.19. The average molecular weight is 356 g/mol. The molecule has 0 spiro atoms. The molecule has 1 atom stereocenters. The molecule has 0 fully saturated rings. The molecule has 2 N–H and O–H groups in total. The van der Waals surface area contributed by atoms with E-state index in [2.05, 4.69) is 17.2 Å². The van der Waals surface area contributed by atoms with Crippen molar-refractivity contribution in [1.29, 1.82) is 0 Å². The number of benzene rings is 2. The van der Waals surface area contributed by atoms with Crippen LogP contribution < -0.4 is 15.4 Å². The molecule has 2 rings (SSSR count). The maximum Gasteiger partial charge on any atom is 0.251 e. The molecule has 2 amide bonds. The Hall–Kier alpha value is -3.15. The number of hydrogen-bond acceptors (Lipinski definition) is 3. The van der Waals surface area contributed by atoms with E-state index in [9.17, 15) is 14.0 Å². The zero-order valence-electron chi connectivity index (χ0n) is 14.7. The second-order valence-electron chi connectivity index (χ2n) is 5.55. The Bertz CT molecular complexity index is 820. The van der Waals surface area contributed by atoms with Crippen LogP contribution in [-0.4, -0.2) is 18.4 Å². The van der Waals surface area contributed by atoms with Gasteiger partial charge in [0, 0.05) is 11.3 Å². The summed E-state index contributed by atoms with van der Waals surface area (Å²) in [6.45, 7) is 7.26. The van der Waals surface area contributed by atoms with Gasteiger partial charge >= 0.3 is 0 Å². The Morgan fingerprint density at radius 3 is 2.69 bits per heavy atom. The summed E-state index contributed by atoms with van der Waals surface area (Å²) in [5.41, 5.74) is 1.10. The summed E-state index contributed by atoms with van der Waals surface area (Å²) in [7, 11) is 0. The Morgan fingerprint density at radius 1 is 1.27 bits per heavy atom. The monoisotopic (exact) mass is 356 g/mol. The van der Waals surface area contributed by atoms with Crippen LogP contribution in [-0.2, 0) is 4.79 Å². The predicted molar refractivity (Wildman–Crippen MR) is 98.7 cm³/mol. The van der Waals surface area contributed by atoms with Gasteiger partial charge in [0.2, 0.25) is 5.91 Å². The van der Waals surface area contributed by atoms with Crippen LogP contribution in [0.2, 0.25) is 0 Å². The highest BCUT2D eigenvalue weighted by atomic mass is 19.1. The van der Waals surface area contributed by atoms with Gasteiger partial charge in [-0.15, -0.1) is 0 Å². The van der Waals surface area contributed by atoms with Crippen molar-refractivity contribution >= 4 is 17.5 Å². The highest BCUT2D eigenvalue weighted by molar-refractivity contribution is 6.00. The molecule has 136 valence electrons. The number of rotatable bonds is 7. The third kappa shape index (κ3) is 4.69. The second kappa shape index (κ2) is 8.80. The number of carbonyl (C=O) groups excluding carboxylic acids is 2. The zero-order valence-corrected chi connectivity index (χ0v) is 14.7. The van der Waals surface area contributed by atoms with Crippen LogP contribution in [0.5, 0.6) is 5.75 Å². The molecule has 0 aliphatic rings. The summed E-state index contributed by atoms with van der Waals surface area (Å²) in [6, 6.07) is 10.4. The predicted octanol–water partition coefficient (Wildman–Crippen LogP) is 3.84. The van der Waals surface area contributed by atoms with E-state index >= 15 is 0 Å². The Kier molecular flexibility index (Phi) is 6.49. The molecular weight excluding hydrogens is 335 g/mol. The second-order valence-corrected chi connectivity index (χ2v) is 5.55. The molecular formula is C20H21FN2O3. The Balaban J connectivity index is 2.19. The van der Waals surface area contributed by atoms with Crippen molar-refractivity contribution in [1.82, 2.24) is 5.32 Å². The van der Waals surface area contributed by atoms with Crippen LogP contribution in [0.1, 0.15) is 35.8 Å². The number of carbonyl (C=O) groups is 2. The van der Waals surface area contributed by atoms with Crippen LogP contribution in [0.3, 0.4) is 0 Å². The van der Waals surface area contributed by atoms with Gasteiger partial charge in [-0.05, 0) is 50.3 Å². The van der Waals surface area contributed by atoms with E-state index in [1.807, 2.05) is 0 Å². The van der Waals surface area contributed by atoms with Gasteiger partial charge in [-0.2, -0.15) is 0 Å². The van der Waals surface area contributed by atoms with Gasteiger partial charge < -0.3 is 15.4 Å². The topological polar surface area (TPSA) is 67.4 Å². The van der Waals surface area contributed by atoms with Crippen LogP contribution >= 0.6 is 0 Å². The molecule has 2 aromatic rings. The van der Waals surface area contributed by atoms with Gasteiger partial charge in [-0.25, -0.2) is 4.39 Å². The van der Waals surface area contributed by atoms with E-state index in [1.165, 1.54) is 12.1 Å². The molecule has 0 bridgehead atoms. The normalized spacial score (nSPS) is 11.3. The third-order valence-electron chi connectivity index (χ3n) is 3.67. The van der Waals surface area contributed by atoms with E-state index in [-0.39, 0.29) is 5.91 Å². The van der Waals surface area contributed by atoms with Crippen molar-refractivity contribution in [2.75, 3.05) is 11.9 Å². The van der Waals surface area contributed by atoms with Gasteiger partial charge in [-0.3, -0.25) is 9.59 Å². The lowest BCUT2D eigenvalue weighted by atomic mass is 10.1. The number of nitrogens with one attached hydrogen (secondary N) is 2. The van der Waals surface area contributed by atoms with E-state index < -0.39 is 17.8 Å². The van der Waals surface area contributed by atoms with E-state index in [4.69, 9.17) is 4.74 Å². The number of halogens is 1. The molecule has 0 aromatic heterocycles. The lowest BCUT2D eigenvalue weighted by molar-refractivity contribution is -0.111. The lowest BCUT2D eigenvalue weighted by Gasteiger charge is -2.19. The van der Waals surface area contributed by atoms with Gasteiger partial charge in [0.15, 0.2) is 0 Å². The zero-order chi connectivity index (χ0) is 19.1. The summed E-state index contributed by atoms with van der Waals surface area (Å²) < 4.78 is 19.7. The van der Waals surface area contributed by atoms with E-state index in [0.29, 0.717) is 29.2 Å². The summed E-state index contributed by atoms with van der Waals surface area (Å²) >= 11 is 0. The van der Waals surface area contributed by atoms with Crippen molar-refractivity contribution < 1.29 is 18.7 Å². The minimum atomic E-state index is -0.600. The molecule has 6 heteroatoms. The standard InChI is InChI=1S/C20H21FN2O3/c1-4-18(24)23-15-9-6-8-14(12-15)20(25)22-13(3)19-16(21)10-7-11-17(19)26-5-2/h4,6-13H,1,5H2,2-3H3,(H,22,25)(H,23,24). The van der Waals surface area contributed by atoms with Crippen LogP contribution in [0.25, 0.3) is 0 Å². The van der Waals surface area contributed by atoms with Crippen molar-refractivity contribution in [3.8, 4) is 5.75 Å². The quantitative estimate of drug-likeness (QED) is 0.741. The average Bonchev–Trinajstić information content (AvgIpc) is 2.62. The maximum absolute atomic E-state index is 14.2. The summed E-state index contributed by atoms with van der Waals surface area (Å²) in [5, 5.41) is 5.34. The number of hydrogen-bond donors (Lipinski definition) is 2. The highest BCUT2D eigenvalue weighted by Crippen LogP contribution is 2.28. The van der Waals surface area contributed by atoms with Crippen LogP contribution in [0.4, 0.5) is 10.1 Å². The Labute approximate surface area is 151 Å². The largest absolute Gasteiger partial charge is 0.493 e. The van der Waals surface area contributed by atoms with E-state index in [1.54, 1.807) is 44.2 Å². The fraction of sp³-hybridized carbons (Fsp3) is 0.200. The first kappa shape index (κ1) is 19.2. The molecule has 1 unspecified atom stereocenters. The third-order valence-corrected chi connectivity index (χ3v) is 3.67. The van der Waals surface area contributed by atoms with Gasteiger partial charge in [-0.1, -0.05) is 18.7 Å². The first-order valence-electron chi connectivity index (χ1n) is 8.21. The smallest absolute Gasteiger partial charge is 0.251 e. The van der Waals surface area contributed by atoms with Gasteiger partial charge in [0.25, 0.3) is 5.91 Å². The maximum atomic E-state index is 14.2. The lowest BCUT2D eigenvalue weighted by Crippen LogP contribution is -2.27. The minimum Gasteiger partial charge on any atom is -0.493 e. The van der Waals surface area contributed by atoms with Gasteiger partial charge in [0.05, 0.1) is 18.2 Å². The molecule has 2 aromatic carbocycles. The first-order chi connectivity index (χ1) is 12.5. The van der Waals surface area contributed by atoms with Crippen molar-refractivity contribution in [2.45, 2.75) is 19.9 Å². The van der Waals surface area contributed by atoms with Crippen LogP contribution in [0, 0.1) is 5.82 Å². The molecule has 0 heterocycles. The molecule has 0 aliphatic heterocycles. The number of ether oxygens (including phenoxy) is 1. The van der Waals surface area contributed by atoms with Crippen LogP contribution in [0.15, 0.2) is 55.1 Å². The summed E-state index contributed by atoms with van der Waals surface area (Å²) in [4.78, 5) is 23.9. The number of anilines is 1. The van der Waals surface area contributed by atoms with Crippen molar-refractivity contribution in [3.63, 3.8) is 0 Å². The first-order valence-corrected chi connectivity index (χ1v) is 8.21. The van der Waals surface area contributed by atoms with E-state index in [0.717, 1.165) is 6.08 Å². The van der Waals surface area contributed by atoms with Gasteiger partial charge in [0.1, 0.15) is 11.6 Å². The van der Waals surface area contributed by atoms with Crippen molar-refractivity contribution in [3.05, 3.63) is 72.1 Å². The molecule has 5 nitrogen and oxygen atoms in total. The molecule has 0 radical (unpaired) electrons. The summed E-state index contributed by atoms with van der Waals surface area (Å²) in [5.74, 6) is -0.815. The minimum absolute atomic E-state index is 0.291. The summed E-state index contributed by atoms with van der Waals surface area (Å²) in [6.07, 6.45) is 1.14. The number of amides is 2. The van der Waals surface area contributed by atoms with Crippen molar-refractivity contribution in [2.24, 2.45) is 0 Å². The molecule has 0 aliphatic carbocycles. The fourth-order valence-corrected chi connectivity index (χ4v) is 2.50.